The minimum absolute atomic E-state index is 0.297. The Morgan fingerprint density at radius 2 is 1.92 bits per heavy atom. The van der Waals surface area contributed by atoms with Gasteiger partial charge in [-0.25, -0.2) is 0 Å². The maximum absolute atomic E-state index is 10.6. The first-order valence-electron chi connectivity index (χ1n) is 3.82. The predicted molar refractivity (Wildman–Crippen MR) is 55.5 cm³/mol. The van der Waals surface area contributed by atoms with Crippen molar-refractivity contribution >= 4 is 22.9 Å². The number of halogens is 1. The minimum atomic E-state index is -0.521. The van der Waals surface area contributed by atoms with Gasteiger partial charge < -0.3 is 0 Å². The number of hydrogen-bond donors (Lipinski definition) is 0. The van der Waals surface area contributed by atoms with Gasteiger partial charge in [-0.2, -0.15) is 0 Å². The van der Waals surface area contributed by atoms with Gasteiger partial charge in [0.25, 0.3) is 5.24 Å². The second-order valence-corrected chi connectivity index (χ2v) is 2.89. The van der Waals surface area contributed by atoms with Crippen LogP contribution < -0.4 is 0 Å². The van der Waals surface area contributed by atoms with Crippen molar-refractivity contribution in [2.45, 2.75) is 0 Å². The van der Waals surface area contributed by atoms with Crippen molar-refractivity contribution in [1.29, 1.82) is 0 Å². The molecule has 1 rings (SSSR count). The highest BCUT2D eigenvalue weighted by atomic mass is 35.5. The molecule has 13 heavy (non-hydrogen) atoms. The Labute approximate surface area is 82.3 Å². The van der Waals surface area contributed by atoms with E-state index in [1.165, 1.54) is 0 Å². The van der Waals surface area contributed by atoms with E-state index in [0.29, 0.717) is 5.57 Å². The Kier molecular flexibility index (Phi) is 3.47. The van der Waals surface area contributed by atoms with Crippen LogP contribution >= 0.6 is 11.6 Å². The molecule has 0 saturated carbocycles. The van der Waals surface area contributed by atoms with E-state index in [1.54, 1.807) is 12.2 Å². The Morgan fingerprint density at radius 1 is 1.31 bits per heavy atom. The molecule has 0 fully saturated rings. The van der Waals surface area contributed by atoms with Crippen molar-refractivity contribution in [3.63, 3.8) is 0 Å². The van der Waals surface area contributed by atoms with E-state index < -0.39 is 5.24 Å². The van der Waals surface area contributed by atoms with Gasteiger partial charge in [-0.05, 0) is 17.2 Å². The van der Waals surface area contributed by atoms with Gasteiger partial charge in [0.1, 0.15) is 0 Å². The molecule has 0 unspecified atom stereocenters. The molecule has 0 N–H and O–H groups in total. The van der Waals surface area contributed by atoms with E-state index in [0.717, 1.165) is 5.56 Å². The molecule has 0 atom stereocenters. The third kappa shape index (κ3) is 3.26. The van der Waals surface area contributed by atoms with Gasteiger partial charge >= 0.3 is 0 Å². The van der Waals surface area contributed by atoms with Crippen molar-refractivity contribution < 1.29 is 4.79 Å². The lowest BCUT2D eigenvalue weighted by atomic mass is 10.2. The van der Waals surface area contributed by atoms with E-state index in [-0.39, 0.29) is 0 Å². The third-order valence-corrected chi connectivity index (χ3v) is 1.77. The molecule has 1 aromatic carbocycles. The molecule has 0 aliphatic heterocycles. The normalized spacial score (nSPS) is 10.2. The Morgan fingerprint density at radius 3 is 2.46 bits per heavy atom. The van der Waals surface area contributed by atoms with E-state index >= 15 is 0 Å². The Hall–Kier alpha value is -1.34. The Balaban J connectivity index is 2.70. The summed E-state index contributed by atoms with van der Waals surface area (Å²) in [5.74, 6) is 0. The lowest BCUT2D eigenvalue weighted by Crippen LogP contribution is -1.85. The van der Waals surface area contributed by atoms with Gasteiger partial charge in [-0.1, -0.05) is 49.1 Å². The second-order valence-electron chi connectivity index (χ2n) is 2.54. The van der Waals surface area contributed by atoms with Crippen molar-refractivity contribution in [3.05, 3.63) is 54.1 Å². The molecule has 0 radical (unpaired) electrons. The standard InChI is InChI=1S/C11H9ClO/c1-9(11(12)13)7-8-10-5-3-2-4-6-10/h2-8H,1H2/b8-7+. The maximum atomic E-state index is 10.6. The van der Waals surface area contributed by atoms with Gasteiger partial charge in [0.05, 0.1) is 0 Å². The van der Waals surface area contributed by atoms with E-state index in [2.05, 4.69) is 6.58 Å². The predicted octanol–water partition coefficient (Wildman–Crippen LogP) is 3.02. The van der Waals surface area contributed by atoms with Crippen LogP contribution in [0.4, 0.5) is 0 Å². The zero-order chi connectivity index (χ0) is 9.68. The van der Waals surface area contributed by atoms with Gasteiger partial charge in [0.15, 0.2) is 0 Å². The summed E-state index contributed by atoms with van der Waals surface area (Å²) in [5, 5.41) is -0.521. The first kappa shape index (κ1) is 9.75. The Bertz CT molecular complexity index is 338. The van der Waals surface area contributed by atoms with Crippen LogP contribution in [-0.2, 0) is 4.79 Å². The fourth-order valence-electron chi connectivity index (χ4n) is 0.826. The van der Waals surface area contributed by atoms with Crippen LogP contribution in [0.25, 0.3) is 6.08 Å². The zero-order valence-corrected chi connectivity index (χ0v) is 7.79. The van der Waals surface area contributed by atoms with Gasteiger partial charge in [-0.15, -0.1) is 0 Å². The first-order chi connectivity index (χ1) is 6.20. The highest BCUT2D eigenvalue weighted by molar-refractivity contribution is 6.68. The molecule has 66 valence electrons. The summed E-state index contributed by atoms with van der Waals surface area (Å²) in [6, 6.07) is 9.64. The second kappa shape index (κ2) is 4.63. The quantitative estimate of drug-likeness (QED) is 0.409. The van der Waals surface area contributed by atoms with Crippen molar-refractivity contribution in [2.75, 3.05) is 0 Å². The highest BCUT2D eigenvalue weighted by Crippen LogP contribution is 2.05. The molecule has 2 heteroatoms. The summed E-state index contributed by atoms with van der Waals surface area (Å²) >= 11 is 5.20. The summed E-state index contributed by atoms with van der Waals surface area (Å²) in [7, 11) is 0. The monoisotopic (exact) mass is 192 g/mol. The first-order valence-corrected chi connectivity index (χ1v) is 4.20. The smallest absolute Gasteiger partial charge is 0.251 e. The molecule has 0 bridgehead atoms. The fraction of sp³-hybridized carbons (Fsp3) is 0. The molecule has 0 spiro atoms. The van der Waals surface area contributed by atoms with Crippen molar-refractivity contribution in [3.8, 4) is 0 Å². The lowest BCUT2D eigenvalue weighted by Gasteiger charge is -1.91. The molecule has 1 nitrogen and oxygen atoms in total. The molecule has 1 aromatic rings. The summed E-state index contributed by atoms with van der Waals surface area (Å²) in [6.45, 7) is 3.50. The third-order valence-electron chi connectivity index (χ3n) is 1.53. The summed E-state index contributed by atoms with van der Waals surface area (Å²) in [6.07, 6.45) is 3.40. The zero-order valence-electron chi connectivity index (χ0n) is 7.03. The SMILES string of the molecule is C=C(/C=C/c1ccccc1)C(=O)Cl. The largest absolute Gasteiger partial charge is 0.276 e. The molecular weight excluding hydrogens is 184 g/mol. The molecular formula is C11H9ClO. The number of carbonyl (C=O) groups is 1. The van der Waals surface area contributed by atoms with Crippen LogP contribution in [0.5, 0.6) is 0 Å². The van der Waals surface area contributed by atoms with Crippen LogP contribution in [0, 0.1) is 0 Å². The van der Waals surface area contributed by atoms with Crippen LogP contribution in [0.15, 0.2) is 48.6 Å². The summed E-state index contributed by atoms with van der Waals surface area (Å²) < 4.78 is 0. The average molecular weight is 193 g/mol. The molecule has 0 aromatic heterocycles. The topological polar surface area (TPSA) is 17.1 Å². The molecule has 0 aliphatic carbocycles. The number of hydrogen-bond acceptors (Lipinski definition) is 1. The number of benzene rings is 1. The lowest BCUT2D eigenvalue weighted by molar-refractivity contribution is -0.108. The molecule has 0 aliphatic rings. The average Bonchev–Trinajstić information content (AvgIpc) is 2.15. The number of allylic oxidation sites excluding steroid dienone is 2. The van der Waals surface area contributed by atoms with Crippen molar-refractivity contribution in [1.82, 2.24) is 0 Å². The van der Waals surface area contributed by atoms with E-state index in [4.69, 9.17) is 11.6 Å². The van der Waals surface area contributed by atoms with Gasteiger partial charge in [-0.3, -0.25) is 4.79 Å². The molecule has 0 saturated heterocycles. The molecule has 0 heterocycles. The number of rotatable bonds is 3. The van der Waals surface area contributed by atoms with Crippen LogP contribution in [0.3, 0.4) is 0 Å². The van der Waals surface area contributed by atoms with E-state index in [1.807, 2.05) is 30.3 Å². The fourth-order valence-corrected chi connectivity index (χ4v) is 0.889. The van der Waals surface area contributed by atoms with Crippen molar-refractivity contribution in [2.24, 2.45) is 0 Å². The molecule has 0 amide bonds. The van der Waals surface area contributed by atoms with Gasteiger partial charge in [0.2, 0.25) is 0 Å². The number of carbonyl (C=O) groups excluding carboxylic acids is 1. The summed E-state index contributed by atoms with van der Waals surface area (Å²) in [4.78, 5) is 10.6. The minimum Gasteiger partial charge on any atom is -0.276 e. The highest BCUT2D eigenvalue weighted by Gasteiger charge is 1.96. The summed E-state index contributed by atoms with van der Waals surface area (Å²) in [5.41, 5.74) is 1.31. The van der Waals surface area contributed by atoms with Gasteiger partial charge in [0, 0.05) is 5.57 Å². The maximum Gasteiger partial charge on any atom is 0.251 e. The van der Waals surface area contributed by atoms with Crippen LogP contribution in [0.1, 0.15) is 5.56 Å². The van der Waals surface area contributed by atoms with Crippen LogP contribution in [-0.4, -0.2) is 5.24 Å². The van der Waals surface area contributed by atoms with Crippen LogP contribution in [0.2, 0.25) is 0 Å². The van der Waals surface area contributed by atoms with E-state index in [9.17, 15) is 4.79 Å².